The van der Waals surface area contributed by atoms with Crippen molar-refractivity contribution in [3.05, 3.63) is 59.7 Å². The number of aromatic hydroxyl groups is 1. The predicted molar refractivity (Wildman–Crippen MR) is 80.9 cm³/mol. The van der Waals surface area contributed by atoms with Gasteiger partial charge in [0.2, 0.25) is 0 Å². The highest BCUT2D eigenvalue weighted by atomic mass is 16.5. The van der Waals surface area contributed by atoms with Crippen LogP contribution in [0.2, 0.25) is 0 Å². The minimum Gasteiger partial charge on any atom is -0.507 e. The van der Waals surface area contributed by atoms with Crippen molar-refractivity contribution in [3.8, 4) is 11.5 Å². The first-order valence-corrected chi connectivity index (χ1v) is 6.47. The maximum absolute atomic E-state index is 11.8. The first kappa shape index (κ1) is 15.2. The number of hydrogen-bond acceptors (Lipinski definition) is 5. The van der Waals surface area contributed by atoms with Crippen LogP contribution in [0.5, 0.6) is 11.5 Å². The Morgan fingerprint density at radius 3 is 2.55 bits per heavy atom. The van der Waals surface area contributed by atoms with Crippen LogP contribution in [-0.4, -0.2) is 23.2 Å². The van der Waals surface area contributed by atoms with Gasteiger partial charge in [0.1, 0.15) is 11.5 Å². The maximum Gasteiger partial charge on any atom is 0.308 e. The van der Waals surface area contributed by atoms with Crippen LogP contribution in [0, 0.1) is 0 Å². The molecule has 0 spiro atoms. The fourth-order valence-electron chi connectivity index (χ4n) is 1.72. The number of benzene rings is 2. The van der Waals surface area contributed by atoms with Gasteiger partial charge < -0.3 is 9.84 Å². The molecular weight excluding hydrogens is 284 g/mol. The molecule has 2 aromatic carbocycles. The third-order valence-corrected chi connectivity index (χ3v) is 2.69. The van der Waals surface area contributed by atoms with E-state index in [0.29, 0.717) is 11.3 Å². The standard InChI is InChI=1S/C16H14N2O4/c1-11(19)22-15-9-5-2-6-12(15)10-17-18-16(21)13-7-3-4-8-14(13)20/h2-10,20H,1H3,(H,18,21). The number of para-hydroxylation sites is 2. The van der Waals surface area contributed by atoms with Crippen molar-refractivity contribution < 1.29 is 19.4 Å². The molecule has 0 heterocycles. The molecule has 0 aliphatic heterocycles. The fourth-order valence-corrected chi connectivity index (χ4v) is 1.72. The van der Waals surface area contributed by atoms with E-state index in [1.807, 2.05) is 0 Å². The van der Waals surface area contributed by atoms with E-state index in [-0.39, 0.29) is 11.3 Å². The van der Waals surface area contributed by atoms with Crippen molar-refractivity contribution in [2.45, 2.75) is 6.92 Å². The van der Waals surface area contributed by atoms with E-state index in [2.05, 4.69) is 10.5 Å². The Hall–Kier alpha value is -3.15. The van der Waals surface area contributed by atoms with Crippen LogP contribution >= 0.6 is 0 Å². The second-order valence-corrected chi connectivity index (χ2v) is 4.35. The Bertz CT molecular complexity index is 726. The third-order valence-electron chi connectivity index (χ3n) is 2.69. The van der Waals surface area contributed by atoms with Gasteiger partial charge in [0, 0.05) is 12.5 Å². The zero-order chi connectivity index (χ0) is 15.9. The number of amides is 1. The number of ether oxygens (including phenoxy) is 1. The molecule has 2 rings (SSSR count). The number of nitrogens with zero attached hydrogens (tertiary/aromatic N) is 1. The first-order chi connectivity index (χ1) is 10.6. The van der Waals surface area contributed by atoms with Crippen molar-refractivity contribution in [2.24, 2.45) is 5.10 Å². The van der Waals surface area contributed by atoms with Crippen molar-refractivity contribution in [2.75, 3.05) is 0 Å². The topological polar surface area (TPSA) is 88.0 Å². The minimum atomic E-state index is -0.542. The Morgan fingerprint density at radius 1 is 1.14 bits per heavy atom. The van der Waals surface area contributed by atoms with Gasteiger partial charge in [-0.3, -0.25) is 9.59 Å². The molecule has 22 heavy (non-hydrogen) atoms. The fraction of sp³-hybridized carbons (Fsp3) is 0.0625. The Morgan fingerprint density at radius 2 is 1.82 bits per heavy atom. The summed E-state index contributed by atoms with van der Waals surface area (Å²) >= 11 is 0. The summed E-state index contributed by atoms with van der Waals surface area (Å²) in [6.45, 7) is 1.30. The van der Waals surface area contributed by atoms with Gasteiger partial charge >= 0.3 is 5.97 Å². The number of hydrogen-bond donors (Lipinski definition) is 2. The monoisotopic (exact) mass is 298 g/mol. The Kier molecular flexibility index (Phi) is 4.87. The molecule has 0 radical (unpaired) electrons. The summed E-state index contributed by atoms with van der Waals surface area (Å²) < 4.78 is 5.02. The number of nitrogens with one attached hydrogen (secondary N) is 1. The van der Waals surface area contributed by atoms with Crippen molar-refractivity contribution >= 4 is 18.1 Å². The van der Waals surface area contributed by atoms with E-state index in [1.54, 1.807) is 36.4 Å². The minimum absolute atomic E-state index is 0.118. The second kappa shape index (κ2) is 7.03. The van der Waals surface area contributed by atoms with Crippen LogP contribution in [0.1, 0.15) is 22.8 Å². The molecule has 0 saturated heterocycles. The van der Waals surface area contributed by atoms with Gasteiger partial charge in [0.15, 0.2) is 0 Å². The van der Waals surface area contributed by atoms with Gasteiger partial charge in [0.25, 0.3) is 5.91 Å². The molecule has 0 bridgehead atoms. The van der Waals surface area contributed by atoms with Gasteiger partial charge in [-0.25, -0.2) is 5.43 Å². The zero-order valence-electron chi connectivity index (χ0n) is 11.8. The van der Waals surface area contributed by atoms with E-state index < -0.39 is 11.9 Å². The molecule has 0 saturated carbocycles. The number of phenolic OH excluding ortho intramolecular Hbond substituents is 1. The zero-order valence-corrected chi connectivity index (χ0v) is 11.8. The third kappa shape index (κ3) is 3.92. The summed E-state index contributed by atoms with van der Waals surface area (Å²) in [5.74, 6) is -0.774. The normalized spacial score (nSPS) is 10.4. The molecule has 1 amide bonds. The number of rotatable bonds is 4. The molecule has 112 valence electrons. The van der Waals surface area contributed by atoms with Crippen LogP contribution < -0.4 is 10.2 Å². The summed E-state index contributed by atoms with van der Waals surface area (Å²) in [6.07, 6.45) is 1.36. The largest absolute Gasteiger partial charge is 0.507 e. The lowest BCUT2D eigenvalue weighted by Gasteiger charge is -2.05. The molecule has 0 aliphatic rings. The van der Waals surface area contributed by atoms with Crippen molar-refractivity contribution in [1.82, 2.24) is 5.43 Å². The lowest BCUT2D eigenvalue weighted by molar-refractivity contribution is -0.131. The first-order valence-electron chi connectivity index (χ1n) is 6.47. The van der Waals surface area contributed by atoms with E-state index >= 15 is 0 Å². The number of hydrazone groups is 1. The lowest BCUT2D eigenvalue weighted by atomic mass is 10.2. The number of esters is 1. The summed E-state index contributed by atoms with van der Waals surface area (Å²) in [5, 5.41) is 13.4. The molecular formula is C16H14N2O4. The SMILES string of the molecule is CC(=O)Oc1ccccc1C=NNC(=O)c1ccccc1O. The highest BCUT2D eigenvalue weighted by Crippen LogP contribution is 2.16. The smallest absolute Gasteiger partial charge is 0.308 e. The van der Waals surface area contributed by atoms with Gasteiger partial charge in [0.05, 0.1) is 11.8 Å². The predicted octanol–water partition coefficient (Wildman–Crippen LogP) is 2.08. The van der Waals surface area contributed by atoms with Crippen LogP contribution in [-0.2, 0) is 4.79 Å². The second-order valence-electron chi connectivity index (χ2n) is 4.35. The van der Waals surface area contributed by atoms with Gasteiger partial charge in [-0.2, -0.15) is 5.10 Å². The summed E-state index contributed by atoms with van der Waals surface area (Å²) in [5.41, 5.74) is 2.95. The van der Waals surface area contributed by atoms with Crippen LogP contribution in [0.4, 0.5) is 0 Å². The van der Waals surface area contributed by atoms with E-state index in [0.717, 1.165) is 0 Å². The van der Waals surface area contributed by atoms with Crippen LogP contribution in [0.3, 0.4) is 0 Å². The summed E-state index contributed by atoms with van der Waals surface area (Å²) in [6, 6.07) is 12.9. The maximum atomic E-state index is 11.8. The van der Waals surface area contributed by atoms with E-state index in [1.165, 1.54) is 25.3 Å². The van der Waals surface area contributed by atoms with Crippen LogP contribution in [0.25, 0.3) is 0 Å². The molecule has 0 unspecified atom stereocenters. The number of carbonyl (C=O) groups excluding carboxylic acids is 2. The molecule has 2 N–H and O–H groups in total. The highest BCUT2D eigenvalue weighted by Gasteiger charge is 2.09. The molecule has 0 aliphatic carbocycles. The average Bonchev–Trinajstić information content (AvgIpc) is 2.49. The quantitative estimate of drug-likeness (QED) is 0.391. The Balaban J connectivity index is 2.09. The van der Waals surface area contributed by atoms with Gasteiger partial charge in [-0.15, -0.1) is 0 Å². The van der Waals surface area contributed by atoms with E-state index in [4.69, 9.17) is 4.74 Å². The lowest BCUT2D eigenvalue weighted by Crippen LogP contribution is -2.17. The highest BCUT2D eigenvalue weighted by molar-refractivity contribution is 5.97. The molecule has 6 nitrogen and oxygen atoms in total. The molecule has 0 atom stereocenters. The van der Waals surface area contributed by atoms with Gasteiger partial charge in [-0.1, -0.05) is 24.3 Å². The van der Waals surface area contributed by atoms with Crippen molar-refractivity contribution in [1.29, 1.82) is 0 Å². The molecule has 6 heteroatoms. The molecule has 0 aromatic heterocycles. The average molecular weight is 298 g/mol. The van der Waals surface area contributed by atoms with Crippen LogP contribution in [0.15, 0.2) is 53.6 Å². The van der Waals surface area contributed by atoms with E-state index in [9.17, 15) is 14.7 Å². The van der Waals surface area contributed by atoms with Crippen molar-refractivity contribution in [3.63, 3.8) is 0 Å². The summed E-state index contributed by atoms with van der Waals surface area (Å²) in [7, 11) is 0. The summed E-state index contributed by atoms with van der Waals surface area (Å²) in [4.78, 5) is 22.9. The molecule has 0 fully saturated rings. The van der Waals surface area contributed by atoms with Gasteiger partial charge in [-0.05, 0) is 24.3 Å². The Labute approximate surface area is 127 Å². The number of phenols is 1. The number of carbonyl (C=O) groups is 2. The molecule has 2 aromatic rings.